The van der Waals surface area contributed by atoms with E-state index in [0.717, 1.165) is 11.8 Å². The number of hydrogen-bond acceptors (Lipinski definition) is 0. The van der Waals surface area contributed by atoms with Gasteiger partial charge in [0.05, 0.1) is 0 Å². The van der Waals surface area contributed by atoms with Gasteiger partial charge in [-0.3, -0.25) is 0 Å². The summed E-state index contributed by atoms with van der Waals surface area (Å²) in [5, 5.41) is 0. The summed E-state index contributed by atoms with van der Waals surface area (Å²) >= 11 is 0. The molecule has 0 aromatic rings. The third kappa shape index (κ3) is 0.574. The van der Waals surface area contributed by atoms with Gasteiger partial charge in [0.2, 0.25) is 0 Å². The molecular formula is C10H16. The molecule has 0 aromatic carbocycles. The fraction of sp³-hybridized carbons (Fsp3) is 0.800. The molecule has 2 atom stereocenters. The van der Waals surface area contributed by atoms with Crippen LogP contribution in [0.1, 0.15) is 33.6 Å². The fourth-order valence-corrected chi connectivity index (χ4v) is 2.60. The van der Waals surface area contributed by atoms with E-state index in [1.54, 1.807) is 5.57 Å². The Hall–Kier alpha value is -0.260. The highest BCUT2D eigenvalue weighted by Crippen LogP contribution is 2.56. The summed E-state index contributed by atoms with van der Waals surface area (Å²) in [6, 6.07) is 0. The van der Waals surface area contributed by atoms with E-state index in [9.17, 15) is 0 Å². The van der Waals surface area contributed by atoms with Crippen molar-refractivity contribution >= 4 is 0 Å². The van der Waals surface area contributed by atoms with Gasteiger partial charge in [-0.25, -0.2) is 0 Å². The predicted molar refractivity (Wildman–Crippen MR) is 43.8 cm³/mol. The molecule has 10 heavy (non-hydrogen) atoms. The van der Waals surface area contributed by atoms with E-state index in [4.69, 9.17) is 0 Å². The largest absolute Gasteiger partial charge is 0.0805 e. The minimum absolute atomic E-state index is 0.567. The van der Waals surface area contributed by atoms with Crippen LogP contribution in [0.3, 0.4) is 0 Å². The molecule has 0 heteroatoms. The number of rotatable bonds is 0. The Morgan fingerprint density at radius 3 is 2.50 bits per heavy atom. The Labute approximate surface area is 63.3 Å². The molecule has 3 aliphatic rings. The van der Waals surface area contributed by atoms with E-state index >= 15 is 0 Å². The maximum Gasteiger partial charge on any atom is -0.00792 e. The molecule has 2 bridgehead atoms. The van der Waals surface area contributed by atoms with E-state index in [-0.39, 0.29) is 0 Å². The van der Waals surface area contributed by atoms with E-state index in [0.29, 0.717) is 5.41 Å². The van der Waals surface area contributed by atoms with Gasteiger partial charge in [0.15, 0.2) is 0 Å². The van der Waals surface area contributed by atoms with Crippen LogP contribution in [0.2, 0.25) is 0 Å². The standard InChI is InChI=1S/C10H16/c1-7-4-5-8-6-9(7)10(8,2)3/h6-7,9H,4-5H2,1-3H3. The normalized spacial score (nSPS) is 42.1. The molecule has 0 heterocycles. The van der Waals surface area contributed by atoms with Crippen molar-refractivity contribution in [2.24, 2.45) is 17.3 Å². The van der Waals surface area contributed by atoms with Crippen molar-refractivity contribution in [3.8, 4) is 0 Å². The zero-order chi connectivity index (χ0) is 7.35. The lowest BCUT2D eigenvalue weighted by atomic mass is 9.53. The Balaban J connectivity index is 2.29. The van der Waals surface area contributed by atoms with Crippen LogP contribution < -0.4 is 0 Å². The van der Waals surface area contributed by atoms with Crippen molar-refractivity contribution in [3.05, 3.63) is 11.6 Å². The first-order valence-electron chi connectivity index (χ1n) is 4.33. The van der Waals surface area contributed by atoms with Gasteiger partial charge in [0, 0.05) is 0 Å². The van der Waals surface area contributed by atoms with Gasteiger partial charge in [-0.1, -0.05) is 32.4 Å². The fourth-order valence-electron chi connectivity index (χ4n) is 2.60. The van der Waals surface area contributed by atoms with Crippen LogP contribution in [0.25, 0.3) is 0 Å². The second-order valence-corrected chi connectivity index (χ2v) is 4.46. The summed E-state index contributed by atoms with van der Waals surface area (Å²) < 4.78 is 0. The second kappa shape index (κ2) is 1.66. The second-order valence-electron chi connectivity index (χ2n) is 4.46. The lowest BCUT2D eigenvalue weighted by Crippen LogP contribution is -2.42. The van der Waals surface area contributed by atoms with Crippen LogP contribution in [-0.4, -0.2) is 0 Å². The summed E-state index contributed by atoms with van der Waals surface area (Å²) in [6.45, 7) is 7.17. The third-order valence-corrected chi connectivity index (χ3v) is 3.52. The molecule has 0 aromatic heterocycles. The Bertz CT molecular complexity index is 186. The summed E-state index contributed by atoms with van der Waals surface area (Å²) in [4.78, 5) is 0. The smallest absolute Gasteiger partial charge is 0.00792 e. The van der Waals surface area contributed by atoms with Gasteiger partial charge < -0.3 is 0 Å². The minimum atomic E-state index is 0.567. The maximum atomic E-state index is 2.49. The summed E-state index contributed by atoms with van der Waals surface area (Å²) in [5.41, 5.74) is 2.29. The van der Waals surface area contributed by atoms with Gasteiger partial charge in [-0.15, -0.1) is 0 Å². The topological polar surface area (TPSA) is 0 Å². The molecule has 1 fully saturated rings. The van der Waals surface area contributed by atoms with Crippen molar-refractivity contribution in [2.75, 3.05) is 0 Å². The molecule has 56 valence electrons. The predicted octanol–water partition coefficient (Wildman–Crippen LogP) is 3.00. The van der Waals surface area contributed by atoms with E-state index < -0.39 is 0 Å². The molecule has 3 rings (SSSR count). The Morgan fingerprint density at radius 1 is 1.50 bits per heavy atom. The molecule has 0 saturated heterocycles. The van der Waals surface area contributed by atoms with Crippen molar-refractivity contribution in [2.45, 2.75) is 33.6 Å². The minimum Gasteiger partial charge on any atom is -0.0805 e. The first-order valence-corrected chi connectivity index (χ1v) is 4.33. The first kappa shape index (κ1) is 6.45. The number of allylic oxidation sites excluding steroid dienone is 2. The molecule has 3 aliphatic carbocycles. The van der Waals surface area contributed by atoms with Gasteiger partial charge in [-0.05, 0) is 30.1 Å². The van der Waals surface area contributed by atoms with Gasteiger partial charge >= 0.3 is 0 Å². The molecule has 2 unspecified atom stereocenters. The van der Waals surface area contributed by atoms with Gasteiger partial charge in [0.25, 0.3) is 0 Å². The molecule has 0 aliphatic heterocycles. The molecular weight excluding hydrogens is 120 g/mol. The number of fused-ring (bicyclic) bond motifs is 2. The van der Waals surface area contributed by atoms with Crippen LogP contribution >= 0.6 is 0 Å². The molecule has 0 nitrogen and oxygen atoms in total. The van der Waals surface area contributed by atoms with Gasteiger partial charge in [-0.2, -0.15) is 0 Å². The molecule has 0 amide bonds. The monoisotopic (exact) mass is 136 g/mol. The maximum absolute atomic E-state index is 2.49. The highest BCUT2D eigenvalue weighted by molar-refractivity contribution is 5.31. The molecule has 0 N–H and O–H groups in total. The zero-order valence-corrected chi connectivity index (χ0v) is 7.15. The van der Waals surface area contributed by atoms with Crippen LogP contribution in [0.15, 0.2) is 11.6 Å². The zero-order valence-electron chi connectivity index (χ0n) is 7.15. The van der Waals surface area contributed by atoms with Crippen LogP contribution in [0, 0.1) is 17.3 Å². The number of hydrogen-bond donors (Lipinski definition) is 0. The summed E-state index contributed by atoms with van der Waals surface area (Å²) in [6.07, 6.45) is 5.29. The van der Waals surface area contributed by atoms with Gasteiger partial charge in [0.1, 0.15) is 0 Å². The quantitative estimate of drug-likeness (QED) is 0.449. The highest BCUT2D eigenvalue weighted by Gasteiger charge is 2.45. The Morgan fingerprint density at radius 2 is 2.20 bits per heavy atom. The van der Waals surface area contributed by atoms with Crippen molar-refractivity contribution in [3.63, 3.8) is 0 Å². The van der Waals surface area contributed by atoms with Crippen molar-refractivity contribution in [1.82, 2.24) is 0 Å². The SMILES string of the molecule is CC1CCC2=CC1C2(C)C. The first-order chi connectivity index (χ1) is 4.62. The molecule has 0 radical (unpaired) electrons. The average molecular weight is 136 g/mol. The van der Waals surface area contributed by atoms with Crippen LogP contribution in [-0.2, 0) is 0 Å². The third-order valence-electron chi connectivity index (χ3n) is 3.52. The molecule has 0 spiro atoms. The highest BCUT2D eigenvalue weighted by atomic mass is 14.5. The van der Waals surface area contributed by atoms with Crippen molar-refractivity contribution < 1.29 is 0 Å². The lowest BCUT2D eigenvalue weighted by Gasteiger charge is -2.51. The van der Waals surface area contributed by atoms with Crippen LogP contribution in [0.5, 0.6) is 0 Å². The van der Waals surface area contributed by atoms with Crippen LogP contribution in [0.4, 0.5) is 0 Å². The Kier molecular flexibility index (Phi) is 1.07. The van der Waals surface area contributed by atoms with Crippen molar-refractivity contribution in [1.29, 1.82) is 0 Å². The summed E-state index contributed by atoms with van der Waals surface area (Å²) in [5.74, 6) is 1.84. The van der Waals surface area contributed by atoms with E-state index in [2.05, 4.69) is 26.8 Å². The average Bonchev–Trinajstić information content (AvgIpc) is 1.87. The van der Waals surface area contributed by atoms with E-state index in [1.807, 2.05) is 0 Å². The lowest BCUT2D eigenvalue weighted by molar-refractivity contribution is 0.141. The van der Waals surface area contributed by atoms with E-state index in [1.165, 1.54) is 12.8 Å². The summed E-state index contributed by atoms with van der Waals surface area (Å²) in [7, 11) is 0. The molecule has 1 saturated carbocycles.